The quantitative estimate of drug-likeness (QED) is 0.858. The monoisotopic (exact) mass is 264 g/mol. The van der Waals surface area contributed by atoms with E-state index < -0.39 is 6.04 Å². The van der Waals surface area contributed by atoms with Gasteiger partial charge in [0, 0.05) is 12.6 Å². The van der Waals surface area contributed by atoms with Crippen molar-refractivity contribution in [3.05, 3.63) is 23.8 Å². The Kier molecular flexibility index (Phi) is 5.36. The molecule has 0 radical (unpaired) electrons. The van der Waals surface area contributed by atoms with Crippen LogP contribution in [-0.2, 0) is 4.79 Å². The lowest BCUT2D eigenvalue weighted by atomic mass is 9.98. The Hall–Kier alpha value is -1.55. The van der Waals surface area contributed by atoms with Crippen LogP contribution in [0.25, 0.3) is 0 Å². The summed E-state index contributed by atoms with van der Waals surface area (Å²) >= 11 is 0. The summed E-state index contributed by atoms with van der Waals surface area (Å²) in [5.41, 5.74) is 7.70. The zero-order chi connectivity index (χ0) is 14.6. The highest BCUT2D eigenvalue weighted by atomic mass is 16.3. The first-order chi connectivity index (χ1) is 8.92. The molecular weight excluding hydrogens is 240 g/mol. The molecule has 0 heterocycles. The number of rotatable bonds is 5. The van der Waals surface area contributed by atoms with E-state index in [-0.39, 0.29) is 17.6 Å². The van der Waals surface area contributed by atoms with Crippen molar-refractivity contribution in [3.8, 4) is 5.75 Å². The number of carbonyl (C=O) groups excluding carboxylic acids is 1. The van der Waals surface area contributed by atoms with Crippen molar-refractivity contribution in [1.29, 1.82) is 0 Å². The molecule has 0 aliphatic carbocycles. The molecule has 0 spiro atoms. The first-order valence-corrected chi connectivity index (χ1v) is 6.78. The molecule has 3 N–H and O–H groups in total. The van der Waals surface area contributed by atoms with Crippen LogP contribution in [0.15, 0.2) is 18.2 Å². The summed E-state index contributed by atoms with van der Waals surface area (Å²) in [6.45, 7) is 8.36. The van der Waals surface area contributed by atoms with Gasteiger partial charge in [-0.15, -0.1) is 0 Å². The molecule has 2 unspecified atom stereocenters. The maximum atomic E-state index is 12.5. The molecule has 0 bridgehead atoms. The maximum Gasteiger partial charge on any atom is 0.244 e. The molecule has 1 aromatic carbocycles. The van der Waals surface area contributed by atoms with Crippen LogP contribution in [0.2, 0.25) is 0 Å². The highest BCUT2D eigenvalue weighted by molar-refractivity contribution is 5.98. The predicted octanol–water partition coefficient (Wildman–Crippen LogP) is 2.43. The highest BCUT2D eigenvalue weighted by Crippen LogP contribution is 2.26. The van der Waals surface area contributed by atoms with E-state index in [2.05, 4.69) is 0 Å². The minimum Gasteiger partial charge on any atom is -0.508 e. The number of aryl methyl sites for hydroxylation is 1. The van der Waals surface area contributed by atoms with Crippen LogP contribution >= 0.6 is 0 Å². The zero-order valence-electron chi connectivity index (χ0n) is 12.2. The van der Waals surface area contributed by atoms with Gasteiger partial charge in [-0.1, -0.05) is 26.3 Å². The van der Waals surface area contributed by atoms with Crippen molar-refractivity contribution in [1.82, 2.24) is 0 Å². The van der Waals surface area contributed by atoms with Gasteiger partial charge in [-0.2, -0.15) is 0 Å². The van der Waals surface area contributed by atoms with Gasteiger partial charge in [0.2, 0.25) is 5.91 Å². The third kappa shape index (κ3) is 3.47. The van der Waals surface area contributed by atoms with E-state index in [1.54, 1.807) is 23.1 Å². The SMILES string of the molecule is CCC(C)C(N)C(=O)N(CC)c1cc(O)ccc1C. The molecule has 4 heteroatoms. The van der Waals surface area contributed by atoms with Gasteiger partial charge < -0.3 is 15.7 Å². The summed E-state index contributed by atoms with van der Waals surface area (Å²) in [5, 5.41) is 9.59. The Morgan fingerprint density at radius 1 is 1.42 bits per heavy atom. The summed E-state index contributed by atoms with van der Waals surface area (Å²) in [5.74, 6) is 0.202. The second kappa shape index (κ2) is 6.57. The van der Waals surface area contributed by atoms with E-state index in [9.17, 15) is 9.90 Å². The Bertz CT molecular complexity index is 446. The van der Waals surface area contributed by atoms with Gasteiger partial charge in [-0.05, 0) is 31.4 Å². The van der Waals surface area contributed by atoms with Gasteiger partial charge in [0.05, 0.1) is 11.7 Å². The number of hydrogen-bond acceptors (Lipinski definition) is 3. The molecule has 0 saturated carbocycles. The molecule has 1 aromatic rings. The fourth-order valence-corrected chi connectivity index (χ4v) is 2.01. The minimum atomic E-state index is -0.508. The van der Waals surface area contributed by atoms with Crippen LogP contribution in [-0.4, -0.2) is 23.6 Å². The molecule has 1 rings (SSSR count). The van der Waals surface area contributed by atoms with Gasteiger partial charge in [0.25, 0.3) is 0 Å². The standard InChI is InChI=1S/C15H24N2O2/c1-5-10(3)14(16)15(19)17(6-2)13-9-12(18)8-7-11(13)4/h7-10,14,18H,5-6,16H2,1-4H3. The van der Waals surface area contributed by atoms with Crippen molar-refractivity contribution in [2.75, 3.05) is 11.4 Å². The summed E-state index contributed by atoms with van der Waals surface area (Å²) in [4.78, 5) is 14.1. The van der Waals surface area contributed by atoms with Gasteiger partial charge in [0.15, 0.2) is 0 Å². The largest absolute Gasteiger partial charge is 0.508 e. The zero-order valence-corrected chi connectivity index (χ0v) is 12.2. The van der Waals surface area contributed by atoms with Crippen LogP contribution in [0.1, 0.15) is 32.8 Å². The number of hydrogen-bond donors (Lipinski definition) is 2. The minimum absolute atomic E-state index is 0.0921. The van der Waals surface area contributed by atoms with Gasteiger partial charge in [-0.25, -0.2) is 0 Å². The van der Waals surface area contributed by atoms with Gasteiger partial charge in [0.1, 0.15) is 5.75 Å². The summed E-state index contributed by atoms with van der Waals surface area (Å²) in [7, 11) is 0. The molecule has 0 aromatic heterocycles. The highest BCUT2D eigenvalue weighted by Gasteiger charge is 2.26. The maximum absolute atomic E-state index is 12.5. The normalized spacial score (nSPS) is 13.9. The molecule has 106 valence electrons. The van der Waals surface area contributed by atoms with E-state index in [1.807, 2.05) is 27.7 Å². The Labute approximate surface area is 115 Å². The number of aromatic hydroxyl groups is 1. The van der Waals surface area contributed by atoms with Crippen LogP contribution in [0.5, 0.6) is 5.75 Å². The Morgan fingerprint density at radius 3 is 2.58 bits per heavy atom. The molecule has 0 saturated heterocycles. The third-order valence-corrected chi connectivity index (χ3v) is 3.61. The number of nitrogens with two attached hydrogens (primary N) is 1. The van der Waals surface area contributed by atoms with Crippen LogP contribution in [0.4, 0.5) is 5.69 Å². The second-order valence-corrected chi connectivity index (χ2v) is 4.96. The lowest BCUT2D eigenvalue weighted by molar-refractivity contribution is -0.120. The molecule has 2 atom stereocenters. The number of benzene rings is 1. The van der Waals surface area contributed by atoms with Gasteiger partial charge >= 0.3 is 0 Å². The van der Waals surface area contributed by atoms with E-state index >= 15 is 0 Å². The summed E-state index contributed by atoms with van der Waals surface area (Å²) in [6, 6.07) is 4.52. The van der Waals surface area contributed by atoms with E-state index in [0.717, 1.165) is 17.7 Å². The van der Waals surface area contributed by atoms with Crippen molar-refractivity contribution < 1.29 is 9.90 Å². The topological polar surface area (TPSA) is 66.6 Å². The summed E-state index contributed by atoms with van der Waals surface area (Å²) in [6.07, 6.45) is 0.865. The molecule has 0 fully saturated rings. The third-order valence-electron chi connectivity index (χ3n) is 3.61. The molecule has 1 amide bonds. The fraction of sp³-hybridized carbons (Fsp3) is 0.533. The first kappa shape index (κ1) is 15.5. The lowest BCUT2D eigenvalue weighted by Crippen LogP contribution is -2.47. The van der Waals surface area contributed by atoms with Crippen LogP contribution in [0, 0.1) is 12.8 Å². The summed E-state index contributed by atoms with van der Waals surface area (Å²) < 4.78 is 0. The second-order valence-electron chi connectivity index (χ2n) is 4.96. The Balaban J connectivity index is 3.06. The number of nitrogens with zero attached hydrogens (tertiary/aromatic N) is 1. The molecule has 19 heavy (non-hydrogen) atoms. The number of amides is 1. The lowest BCUT2D eigenvalue weighted by Gasteiger charge is -2.28. The van der Waals surface area contributed by atoms with Crippen molar-refractivity contribution in [2.45, 2.75) is 40.2 Å². The van der Waals surface area contributed by atoms with Crippen molar-refractivity contribution >= 4 is 11.6 Å². The molecular formula is C15H24N2O2. The van der Waals surface area contributed by atoms with Crippen LogP contribution < -0.4 is 10.6 Å². The predicted molar refractivity (Wildman–Crippen MR) is 78.3 cm³/mol. The van der Waals surface area contributed by atoms with E-state index in [1.165, 1.54) is 0 Å². The first-order valence-electron chi connectivity index (χ1n) is 6.78. The molecule has 0 aliphatic rings. The van der Waals surface area contributed by atoms with Gasteiger partial charge in [-0.3, -0.25) is 4.79 Å². The Morgan fingerprint density at radius 2 is 2.05 bits per heavy atom. The number of anilines is 1. The van der Waals surface area contributed by atoms with Crippen LogP contribution in [0.3, 0.4) is 0 Å². The van der Waals surface area contributed by atoms with Crippen molar-refractivity contribution in [3.63, 3.8) is 0 Å². The van der Waals surface area contributed by atoms with E-state index in [4.69, 9.17) is 5.73 Å². The number of phenolic OH excluding ortho intramolecular Hbond substituents is 1. The fourth-order valence-electron chi connectivity index (χ4n) is 2.01. The number of carbonyl (C=O) groups is 1. The average molecular weight is 264 g/mol. The van der Waals surface area contributed by atoms with E-state index in [0.29, 0.717) is 6.54 Å². The smallest absolute Gasteiger partial charge is 0.244 e. The number of phenols is 1. The number of likely N-dealkylation sites (N-methyl/N-ethyl adjacent to an activating group) is 1. The average Bonchev–Trinajstić information content (AvgIpc) is 2.41. The molecule has 0 aliphatic heterocycles. The van der Waals surface area contributed by atoms with Crippen molar-refractivity contribution in [2.24, 2.45) is 11.7 Å². The molecule has 4 nitrogen and oxygen atoms in total.